The van der Waals surface area contributed by atoms with Gasteiger partial charge in [-0.1, -0.05) is 43.7 Å². The third kappa shape index (κ3) is 6.16. The SMILES string of the molecule is CC(=O)NC1(c2noc(CCC(=O)N3CCN(C(=O)CC4CCCC4)CC3)n2)CCCCCC1. The van der Waals surface area contributed by atoms with Gasteiger partial charge in [-0.2, -0.15) is 4.98 Å². The van der Waals surface area contributed by atoms with Crippen LogP contribution in [-0.4, -0.2) is 63.8 Å². The molecular formula is C25H39N5O4. The quantitative estimate of drug-likeness (QED) is 0.610. The van der Waals surface area contributed by atoms with Crippen LogP contribution in [0.2, 0.25) is 0 Å². The third-order valence-electron chi connectivity index (χ3n) is 7.74. The highest BCUT2D eigenvalue weighted by Crippen LogP contribution is 2.34. The van der Waals surface area contributed by atoms with E-state index in [9.17, 15) is 14.4 Å². The van der Waals surface area contributed by atoms with Gasteiger partial charge < -0.3 is 19.6 Å². The molecule has 2 heterocycles. The van der Waals surface area contributed by atoms with Gasteiger partial charge in [0.05, 0.1) is 0 Å². The highest BCUT2D eigenvalue weighted by atomic mass is 16.5. The molecule has 0 spiro atoms. The minimum Gasteiger partial charge on any atom is -0.343 e. The van der Waals surface area contributed by atoms with E-state index in [1.54, 1.807) is 0 Å². The molecule has 0 atom stereocenters. The number of carbonyl (C=O) groups excluding carboxylic acids is 3. The molecule has 1 saturated heterocycles. The Kier molecular flexibility index (Phi) is 8.21. The predicted molar refractivity (Wildman–Crippen MR) is 126 cm³/mol. The van der Waals surface area contributed by atoms with E-state index in [2.05, 4.69) is 15.5 Å². The topological polar surface area (TPSA) is 109 Å². The highest BCUT2D eigenvalue weighted by molar-refractivity contribution is 5.78. The van der Waals surface area contributed by atoms with Crippen LogP contribution >= 0.6 is 0 Å². The Morgan fingerprint density at radius 2 is 1.56 bits per heavy atom. The van der Waals surface area contributed by atoms with E-state index < -0.39 is 5.54 Å². The zero-order valence-corrected chi connectivity index (χ0v) is 20.5. The van der Waals surface area contributed by atoms with Crippen molar-refractivity contribution in [1.29, 1.82) is 0 Å². The fourth-order valence-corrected chi connectivity index (χ4v) is 5.79. The average molecular weight is 474 g/mol. The Morgan fingerprint density at radius 3 is 2.18 bits per heavy atom. The molecule has 0 aromatic carbocycles. The normalized spacial score (nSPS) is 21.3. The van der Waals surface area contributed by atoms with Crippen molar-refractivity contribution in [2.24, 2.45) is 5.92 Å². The van der Waals surface area contributed by atoms with Crippen molar-refractivity contribution in [2.75, 3.05) is 26.2 Å². The summed E-state index contributed by atoms with van der Waals surface area (Å²) in [7, 11) is 0. The van der Waals surface area contributed by atoms with E-state index in [0.717, 1.165) is 38.5 Å². The first kappa shape index (κ1) is 24.7. The summed E-state index contributed by atoms with van der Waals surface area (Å²) in [4.78, 5) is 45.5. The molecule has 9 heteroatoms. The zero-order chi connectivity index (χ0) is 24.0. The molecule has 34 heavy (non-hydrogen) atoms. The molecule has 1 aliphatic heterocycles. The number of amides is 3. The Balaban J connectivity index is 1.26. The summed E-state index contributed by atoms with van der Waals surface area (Å²) in [6.07, 6.45) is 12.1. The maximum absolute atomic E-state index is 12.8. The Labute approximate surface area is 202 Å². The first-order chi connectivity index (χ1) is 16.4. The second-order valence-corrected chi connectivity index (χ2v) is 10.3. The summed E-state index contributed by atoms with van der Waals surface area (Å²) in [6, 6.07) is 0. The van der Waals surface area contributed by atoms with Crippen molar-refractivity contribution in [3.05, 3.63) is 11.7 Å². The van der Waals surface area contributed by atoms with E-state index in [0.29, 0.717) is 63.1 Å². The third-order valence-corrected chi connectivity index (χ3v) is 7.74. The van der Waals surface area contributed by atoms with Crippen LogP contribution in [0.5, 0.6) is 0 Å². The summed E-state index contributed by atoms with van der Waals surface area (Å²) >= 11 is 0. The van der Waals surface area contributed by atoms with Crippen LogP contribution in [0.25, 0.3) is 0 Å². The van der Waals surface area contributed by atoms with Crippen LogP contribution in [0.3, 0.4) is 0 Å². The monoisotopic (exact) mass is 473 g/mol. The molecular weight excluding hydrogens is 434 g/mol. The molecule has 0 unspecified atom stereocenters. The number of aryl methyl sites for hydroxylation is 1. The fraction of sp³-hybridized carbons (Fsp3) is 0.800. The molecule has 0 radical (unpaired) electrons. The molecule has 2 saturated carbocycles. The van der Waals surface area contributed by atoms with E-state index in [1.165, 1.54) is 32.6 Å². The average Bonchev–Trinajstić information content (AvgIpc) is 3.46. The Morgan fingerprint density at radius 1 is 0.941 bits per heavy atom. The van der Waals surface area contributed by atoms with Crippen molar-refractivity contribution >= 4 is 17.7 Å². The number of nitrogens with zero attached hydrogens (tertiary/aromatic N) is 4. The van der Waals surface area contributed by atoms with Crippen LogP contribution in [0, 0.1) is 5.92 Å². The highest BCUT2D eigenvalue weighted by Gasteiger charge is 2.38. The van der Waals surface area contributed by atoms with Crippen molar-refractivity contribution in [2.45, 2.75) is 95.9 Å². The lowest BCUT2D eigenvalue weighted by Gasteiger charge is -2.35. The molecule has 9 nitrogen and oxygen atoms in total. The van der Waals surface area contributed by atoms with Gasteiger partial charge in [0.25, 0.3) is 0 Å². The smallest absolute Gasteiger partial charge is 0.227 e. The first-order valence-corrected chi connectivity index (χ1v) is 13.1. The molecule has 4 rings (SSSR count). The summed E-state index contributed by atoms with van der Waals surface area (Å²) < 4.78 is 5.48. The summed E-state index contributed by atoms with van der Waals surface area (Å²) in [5.74, 6) is 1.71. The molecule has 3 fully saturated rings. The van der Waals surface area contributed by atoms with Gasteiger partial charge in [0, 0.05) is 52.4 Å². The second kappa shape index (κ2) is 11.3. The van der Waals surface area contributed by atoms with Crippen LogP contribution in [-0.2, 0) is 26.3 Å². The lowest BCUT2D eigenvalue weighted by atomic mass is 9.89. The van der Waals surface area contributed by atoms with Gasteiger partial charge in [-0.25, -0.2) is 0 Å². The predicted octanol–water partition coefficient (Wildman–Crippen LogP) is 2.94. The van der Waals surface area contributed by atoms with Crippen molar-refractivity contribution < 1.29 is 18.9 Å². The second-order valence-electron chi connectivity index (χ2n) is 10.3. The van der Waals surface area contributed by atoms with Gasteiger partial charge >= 0.3 is 0 Å². The van der Waals surface area contributed by atoms with Crippen molar-refractivity contribution in [3.8, 4) is 0 Å². The number of aromatic nitrogens is 2. The van der Waals surface area contributed by atoms with Gasteiger partial charge in [0.15, 0.2) is 5.82 Å². The molecule has 1 aromatic heterocycles. The Bertz CT molecular complexity index is 847. The molecule has 3 amide bonds. The van der Waals surface area contributed by atoms with E-state index in [-0.39, 0.29) is 17.7 Å². The lowest BCUT2D eigenvalue weighted by molar-refractivity contribution is -0.140. The van der Waals surface area contributed by atoms with Crippen molar-refractivity contribution in [3.63, 3.8) is 0 Å². The van der Waals surface area contributed by atoms with Gasteiger partial charge in [0.2, 0.25) is 23.6 Å². The minimum absolute atomic E-state index is 0.0497. The van der Waals surface area contributed by atoms with Gasteiger partial charge in [-0.15, -0.1) is 0 Å². The standard InChI is InChI=1S/C25H39N5O4/c1-19(31)27-25(12-6-2-3-7-13-25)24-26-21(34-28-24)10-11-22(32)29-14-16-30(17-15-29)23(33)18-20-8-4-5-9-20/h20H,2-18H2,1H3,(H,27,31). The van der Waals surface area contributed by atoms with Gasteiger partial charge in [-0.3, -0.25) is 14.4 Å². The first-order valence-electron chi connectivity index (χ1n) is 13.1. The number of carbonyl (C=O) groups is 3. The molecule has 0 bridgehead atoms. The van der Waals surface area contributed by atoms with E-state index in [4.69, 9.17) is 4.52 Å². The summed E-state index contributed by atoms with van der Waals surface area (Å²) in [5.41, 5.74) is -0.574. The molecule has 188 valence electrons. The van der Waals surface area contributed by atoms with Crippen LogP contribution in [0.1, 0.15) is 95.7 Å². The number of nitrogens with one attached hydrogen (secondary N) is 1. The fourth-order valence-electron chi connectivity index (χ4n) is 5.79. The number of piperazine rings is 1. The molecule has 2 aliphatic carbocycles. The van der Waals surface area contributed by atoms with E-state index in [1.807, 2.05) is 9.80 Å². The van der Waals surface area contributed by atoms with Crippen LogP contribution < -0.4 is 5.32 Å². The van der Waals surface area contributed by atoms with Crippen LogP contribution in [0.15, 0.2) is 4.52 Å². The maximum atomic E-state index is 12.8. The largest absolute Gasteiger partial charge is 0.343 e. The van der Waals surface area contributed by atoms with E-state index >= 15 is 0 Å². The molecule has 1 aromatic rings. The Hall–Kier alpha value is -2.45. The maximum Gasteiger partial charge on any atom is 0.227 e. The van der Waals surface area contributed by atoms with Gasteiger partial charge in [0.1, 0.15) is 5.54 Å². The molecule has 3 aliphatic rings. The summed E-state index contributed by atoms with van der Waals surface area (Å²) in [5, 5.41) is 7.28. The number of hydrogen-bond donors (Lipinski definition) is 1. The number of rotatable bonds is 7. The summed E-state index contributed by atoms with van der Waals surface area (Å²) in [6.45, 7) is 3.91. The number of hydrogen-bond acceptors (Lipinski definition) is 6. The molecule has 1 N–H and O–H groups in total. The van der Waals surface area contributed by atoms with Crippen molar-refractivity contribution in [1.82, 2.24) is 25.3 Å². The minimum atomic E-state index is -0.574. The zero-order valence-electron chi connectivity index (χ0n) is 20.5. The van der Waals surface area contributed by atoms with Gasteiger partial charge in [-0.05, 0) is 31.6 Å². The lowest BCUT2D eigenvalue weighted by Crippen LogP contribution is -2.50. The van der Waals surface area contributed by atoms with Crippen LogP contribution in [0.4, 0.5) is 0 Å².